The molecule has 0 aliphatic carbocycles. The molecule has 0 radical (unpaired) electrons. The van der Waals surface area contributed by atoms with Gasteiger partial charge in [0.15, 0.2) is 0 Å². The van der Waals surface area contributed by atoms with Gasteiger partial charge in [-0.15, -0.1) is 0 Å². The number of rotatable bonds is 3. The quantitative estimate of drug-likeness (QED) is 0.357. The summed E-state index contributed by atoms with van der Waals surface area (Å²) in [4.78, 5) is 52.6. The van der Waals surface area contributed by atoms with Crippen LogP contribution in [-0.2, 0) is 0 Å². The molecule has 4 rings (SSSR count). The van der Waals surface area contributed by atoms with Crippen LogP contribution in [0.5, 0.6) is 0 Å². The van der Waals surface area contributed by atoms with Crippen molar-refractivity contribution in [2.75, 3.05) is 5.43 Å². The van der Waals surface area contributed by atoms with Gasteiger partial charge < -0.3 is 9.97 Å². The van der Waals surface area contributed by atoms with Crippen molar-refractivity contribution in [2.24, 2.45) is 0 Å². The molecule has 10 nitrogen and oxygen atoms in total. The van der Waals surface area contributed by atoms with Gasteiger partial charge in [0, 0.05) is 28.1 Å². The van der Waals surface area contributed by atoms with E-state index in [2.05, 4.69) is 15.4 Å². The lowest BCUT2D eigenvalue weighted by Crippen LogP contribution is -2.43. The highest BCUT2D eigenvalue weighted by Crippen LogP contribution is 2.20. The summed E-state index contributed by atoms with van der Waals surface area (Å²) >= 11 is 5.92. The molecular formula is C17H10ClN5O5. The summed E-state index contributed by atoms with van der Waals surface area (Å²) in [6, 6.07) is 9.95. The number of hydrogen-bond donors (Lipinski definition) is 3. The molecule has 0 saturated heterocycles. The van der Waals surface area contributed by atoms with Gasteiger partial charge >= 0.3 is 5.69 Å². The number of nitro benzene ring substituents is 1. The molecule has 2 aromatic carbocycles. The van der Waals surface area contributed by atoms with E-state index in [4.69, 9.17) is 11.6 Å². The van der Waals surface area contributed by atoms with E-state index in [1.54, 1.807) is 18.2 Å². The van der Waals surface area contributed by atoms with Crippen molar-refractivity contribution < 1.29 is 9.72 Å². The molecule has 0 aliphatic rings. The van der Waals surface area contributed by atoms with Crippen molar-refractivity contribution in [3.8, 4) is 0 Å². The van der Waals surface area contributed by atoms with Crippen molar-refractivity contribution in [1.29, 1.82) is 0 Å². The molecule has 0 saturated carbocycles. The summed E-state index contributed by atoms with van der Waals surface area (Å²) in [5, 5.41) is 12.0. The van der Waals surface area contributed by atoms with Crippen molar-refractivity contribution in [2.45, 2.75) is 0 Å². The Morgan fingerprint density at radius 2 is 1.86 bits per heavy atom. The van der Waals surface area contributed by atoms with Crippen LogP contribution >= 0.6 is 11.6 Å². The molecule has 0 aliphatic heterocycles. The maximum absolute atomic E-state index is 12.5. The predicted molar refractivity (Wildman–Crippen MR) is 102 cm³/mol. The Morgan fingerprint density at radius 1 is 1.07 bits per heavy atom. The van der Waals surface area contributed by atoms with Gasteiger partial charge in [0.05, 0.1) is 15.8 Å². The van der Waals surface area contributed by atoms with Gasteiger partial charge in [-0.25, -0.2) is 4.79 Å². The number of halogens is 1. The second kappa shape index (κ2) is 6.35. The van der Waals surface area contributed by atoms with Crippen LogP contribution in [-0.4, -0.2) is 25.5 Å². The fourth-order valence-corrected chi connectivity index (χ4v) is 2.99. The van der Waals surface area contributed by atoms with Gasteiger partial charge in [-0.3, -0.25) is 25.1 Å². The molecule has 1 amide bonds. The van der Waals surface area contributed by atoms with Crippen molar-refractivity contribution in [1.82, 2.24) is 14.6 Å². The highest BCUT2D eigenvalue weighted by Gasteiger charge is 2.16. The summed E-state index contributed by atoms with van der Waals surface area (Å²) in [6.45, 7) is 0. The molecule has 2 aromatic heterocycles. The van der Waals surface area contributed by atoms with Crippen LogP contribution in [0.25, 0.3) is 21.8 Å². The largest absolute Gasteiger partial charge is 0.350 e. The number of carbonyl (C=O) groups is 1. The van der Waals surface area contributed by atoms with E-state index in [0.29, 0.717) is 20.6 Å². The predicted octanol–water partition coefficient (Wildman–Crippen LogP) is 2.12. The first kappa shape index (κ1) is 17.5. The van der Waals surface area contributed by atoms with Gasteiger partial charge in [-0.2, -0.15) is 4.68 Å². The maximum Gasteiger partial charge on any atom is 0.348 e. The summed E-state index contributed by atoms with van der Waals surface area (Å²) < 4.78 is 0.509. The number of aromatic amines is 2. The topological polar surface area (TPSA) is 143 Å². The molecular weight excluding hydrogens is 390 g/mol. The molecule has 140 valence electrons. The Bertz CT molecular complexity index is 1400. The van der Waals surface area contributed by atoms with Crippen LogP contribution in [0.2, 0.25) is 5.02 Å². The molecule has 0 bridgehead atoms. The van der Waals surface area contributed by atoms with Crippen LogP contribution in [0.3, 0.4) is 0 Å². The highest BCUT2D eigenvalue weighted by molar-refractivity contribution is 6.31. The van der Waals surface area contributed by atoms with E-state index in [1.807, 2.05) is 0 Å². The lowest BCUT2D eigenvalue weighted by atomic mass is 10.2. The number of fused-ring (bicyclic) bond motifs is 2. The number of nitrogens with one attached hydrogen (secondary N) is 3. The zero-order chi connectivity index (χ0) is 20.0. The van der Waals surface area contributed by atoms with Gasteiger partial charge in [-0.05, 0) is 30.3 Å². The first-order valence-electron chi connectivity index (χ1n) is 7.86. The van der Waals surface area contributed by atoms with Gasteiger partial charge in [0.25, 0.3) is 17.2 Å². The maximum atomic E-state index is 12.5. The molecule has 11 heteroatoms. The number of hydrogen-bond acceptors (Lipinski definition) is 5. The minimum atomic E-state index is -0.939. The molecule has 0 spiro atoms. The summed E-state index contributed by atoms with van der Waals surface area (Å²) in [6.07, 6.45) is 0. The second-order valence-corrected chi connectivity index (χ2v) is 6.35. The Hall–Kier alpha value is -3.92. The van der Waals surface area contributed by atoms with Crippen LogP contribution in [0.1, 0.15) is 10.5 Å². The molecule has 3 N–H and O–H groups in total. The number of aromatic nitrogens is 3. The monoisotopic (exact) mass is 399 g/mol. The fraction of sp³-hybridized carbons (Fsp3) is 0. The van der Waals surface area contributed by atoms with E-state index < -0.39 is 22.1 Å². The average molecular weight is 400 g/mol. The molecule has 0 atom stereocenters. The van der Waals surface area contributed by atoms with E-state index in [9.17, 15) is 24.5 Å². The number of carbonyl (C=O) groups excluding carboxylic acids is 1. The Morgan fingerprint density at radius 3 is 2.61 bits per heavy atom. The molecule has 2 heterocycles. The van der Waals surface area contributed by atoms with Crippen LogP contribution < -0.4 is 16.7 Å². The van der Waals surface area contributed by atoms with E-state index in [-0.39, 0.29) is 22.3 Å². The van der Waals surface area contributed by atoms with Gasteiger partial charge in [0.2, 0.25) is 0 Å². The standard InChI is InChI=1S/C17H10ClN5O5/c18-9-1-4-12-8(5-9)6-14(19-12)15(24)21-22-16(25)11-3-2-10(23(27)28)7-13(11)20-17(22)26/h1-7,19H,(H,20,26)(H,21,24). The smallest absolute Gasteiger partial charge is 0.348 e. The SMILES string of the molecule is O=C(Nn1c(=O)[nH]c2cc([N+](=O)[O-])ccc2c1=O)c1cc2cc(Cl)ccc2[nH]1. The third-order valence-electron chi connectivity index (χ3n) is 4.13. The minimum Gasteiger partial charge on any atom is -0.350 e. The summed E-state index contributed by atoms with van der Waals surface area (Å²) in [7, 11) is 0. The molecule has 4 aromatic rings. The normalized spacial score (nSPS) is 11.0. The summed E-state index contributed by atoms with van der Waals surface area (Å²) in [5.41, 5.74) is 0.956. The number of benzene rings is 2. The van der Waals surface area contributed by atoms with Gasteiger partial charge in [0.1, 0.15) is 5.69 Å². The highest BCUT2D eigenvalue weighted by atomic mass is 35.5. The first-order valence-corrected chi connectivity index (χ1v) is 8.24. The van der Waals surface area contributed by atoms with Crippen LogP contribution in [0.4, 0.5) is 5.69 Å². The number of nitro groups is 1. The minimum absolute atomic E-state index is 0.00467. The number of amides is 1. The zero-order valence-corrected chi connectivity index (χ0v) is 14.6. The first-order chi connectivity index (χ1) is 13.3. The third kappa shape index (κ3) is 2.91. The van der Waals surface area contributed by atoms with Crippen molar-refractivity contribution >= 4 is 45.0 Å². The molecule has 28 heavy (non-hydrogen) atoms. The number of H-pyrrole nitrogens is 2. The van der Waals surface area contributed by atoms with Crippen LogP contribution in [0, 0.1) is 10.1 Å². The van der Waals surface area contributed by atoms with Crippen molar-refractivity contribution in [3.63, 3.8) is 0 Å². The molecule has 0 unspecified atom stereocenters. The second-order valence-electron chi connectivity index (χ2n) is 5.91. The lowest BCUT2D eigenvalue weighted by molar-refractivity contribution is -0.384. The number of non-ortho nitro benzene ring substituents is 1. The van der Waals surface area contributed by atoms with E-state index >= 15 is 0 Å². The van der Waals surface area contributed by atoms with Gasteiger partial charge in [-0.1, -0.05) is 11.6 Å². The molecule has 0 fully saturated rings. The van der Waals surface area contributed by atoms with E-state index in [0.717, 1.165) is 12.1 Å². The Kier molecular flexibility index (Phi) is 3.97. The van der Waals surface area contributed by atoms with Crippen LogP contribution in [0.15, 0.2) is 52.1 Å². The summed E-state index contributed by atoms with van der Waals surface area (Å²) in [5.74, 6) is -0.721. The Balaban J connectivity index is 1.75. The lowest BCUT2D eigenvalue weighted by Gasteiger charge is -2.07. The number of nitrogens with zero attached hydrogens (tertiary/aromatic N) is 2. The fourth-order valence-electron chi connectivity index (χ4n) is 2.81. The van der Waals surface area contributed by atoms with Crippen molar-refractivity contribution in [3.05, 3.63) is 84.1 Å². The van der Waals surface area contributed by atoms with E-state index in [1.165, 1.54) is 12.1 Å². The third-order valence-corrected chi connectivity index (χ3v) is 4.37. The Labute approximate surface area is 159 Å². The average Bonchev–Trinajstić information content (AvgIpc) is 3.07. The zero-order valence-electron chi connectivity index (χ0n) is 13.9.